The van der Waals surface area contributed by atoms with Gasteiger partial charge in [0.2, 0.25) is 11.1 Å². The highest BCUT2D eigenvalue weighted by Crippen LogP contribution is 2.21. The molecule has 30 heavy (non-hydrogen) atoms. The third-order valence-corrected chi connectivity index (χ3v) is 6.01. The molecule has 0 atom stereocenters. The molecule has 2 heterocycles. The van der Waals surface area contributed by atoms with Crippen LogP contribution in [0.1, 0.15) is 5.56 Å². The summed E-state index contributed by atoms with van der Waals surface area (Å²) in [5.41, 5.74) is 2.27. The summed E-state index contributed by atoms with van der Waals surface area (Å²) in [5.74, 6) is 1.29. The van der Waals surface area contributed by atoms with Crippen LogP contribution in [0.25, 0.3) is 0 Å². The third-order valence-electron chi connectivity index (χ3n) is 5.07. The molecule has 8 nitrogen and oxygen atoms in total. The molecule has 0 N–H and O–H groups in total. The van der Waals surface area contributed by atoms with Crippen molar-refractivity contribution in [3.05, 3.63) is 60.2 Å². The molecule has 4 rings (SSSR count). The summed E-state index contributed by atoms with van der Waals surface area (Å²) in [6, 6.07) is 18.0. The van der Waals surface area contributed by atoms with E-state index in [-0.39, 0.29) is 5.91 Å². The standard InChI is InChI=1S/C21H24N6O2S/c1-29-19-9-7-18(8-10-19)25-11-13-26(14-12-25)20(28)16-30-21-22-23-24-27(21)15-17-5-3-2-4-6-17/h2-10H,11-16H2,1H3. The van der Waals surface area contributed by atoms with E-state index in [0.717, 1.165) is 30.1 Å². The summed E-state index contributed by atoms with van der Waals surface area (Å²) in [7, 11) is 1.66. The lowest BCUT2D eigenvalue weighted by atomic mass is 10.2. The van der Waals surface area contributed by atoms with Crippen molar-refractivity contribution in [2.24, 2.45) is 0 Å². The molecule has 3 aromatic rings. The van der Waals surface area contributed by atoms with Gasteiger partial charge in [-0.25, -0.2) is 4.68 Å². The Balaban J connectivity index is 1.27. The summed E-state index contributed by atoms with van der Waals surface area (Å²) in [5, 5.41) is 12.5. The van der Waals surface area contributed by atoms with Crippen LogP contribution in [-0.2, 0) is 11.3 Å². The SMILES string of the molecule is COc1ccc(N2CCN(C(=O)CSc3nnnn3Cc3ccccc3)CC2)cc1. The molecule has 0 radical (unpaired) electrons. The second-order valence-electron chi connectivity index (χ2n) is 6.96. The van der Waals surface area contributed by atoms with Gasteiger partial charge in [-0.05, 0) is 40.3 Å². The van der Waals surface area contributed by atoms with Crippen LogP contribution in [0.3, 0.4) is 0 Å². The lowest BCUT2D eigenvalue weighted by Gasteiger charge is -2.36. The molecule has 156 valence electrons. The lowest BCUT2D eigenvalue weighted by Crippen LogP contribution is -2.49. The molecule has 0 unspecified atom stereocenters. The Hall–Kier alpha value is -3.07. The molecule has 0 saturated carbocycles. The zero-order valence-electron chi connectivity index (χ0n) is 16.8. The number of aromatic nitrogens is 4. The number of anilines is 1. The van der Waals surface area contributed by atoms with E-state index in [2.05, 4.69) is 32.6 Å². The molecule has 1 saturated heterocycles. The molecule has 9 heteroatoms. The van der Waals surface area contributed by atoms with E-state index in [1.807, 2.05) is 47.4 Å². The molecule has 1 aliphatic rings. The second kappa shape index (κ2) is 9.62. The molecular formula is C21H24N6O2S. The highest BCUT2D eigenvalue weighted by Gasteiger charge is 2.22. The van der Waals surface area contributed by atoms with Gasteiger partial charge in [0.1, 0.15) is 5.75 Å². The number of ether oxygens (including phenoxy) is 1. The number of carbonyl (C=O) groups is 1. The maximum Gasteiger partial charge on any atom is 0.233 e. The van der Waals surface area contributed by atoms with Crippen LogP contribution in [-0.4, -0.2) is 70.1 Å². The third kappa shape index (κ3) is 4.91. The minimum absolute atomic E-state index is 0.114. The van der Waals surface area contributed by atoms with Crippen LogP contribution in [0, 0.1) is 0 Å². The Morgan fingerprint density at radius 3 is 2.47 bits per heavy atom. The molecule has 1 aromatic heterocycles. The van der Waals surface area contributed by atoms with Gasteiger partial charge in [0.15, 0.2) is 0 Å². The average Bonchev–Trinajstić information content (AvgIpc) is 3.25. The Bertz CT molecular complexity index is 955. The van der Waals surface area contributed by atoms with Crippen molar-refractivity contribution in [3.8, 4) is 5.75 Å². The summed E-state index contributed by atoms with van der Waals surface area (Å²) in [6.07, 6.45) is 0. The van der Waals surface area contributed by atoms with Gasteiger partial charge in [0.25, 0.3) is 0 Å². The molecule has 0 bridgehead atoms. The van der Waals surface area contributed by atoms with E-state index in [0.29, 0.717) is 30.5 Å². The van der Waals surface area contributed by atoms with Crippen LogP contribution in [0.4, 0.5) is 5.69 Å². The molecule has 0 spiro atoms. The molecule has 1 fully saturated rings. The van der Waals surface area contributed by atoms with Crippen molar-refractivity contribution in [3.63, 3.8) is 0 Å². The normalized spacial score (nSPS) is 14.0. The van der Waals surface area contributed by atoms with Crippen LogP contribution in [0.15, 0.2) is 59.8 Å². The van der Waals surface area contributed by atoms with Crippen LogP contribution >= 0.6 is 11.8 Å². The number of benzene rings is 2. The van der Waals surface area contributed by atoms with E-state index < -0.39 is 0 Å². The number of tetrazole rings is 1. The first-order valence-corrected chi connectivity index (χ1v) is 10.8. The van der Waals surface area contributed by atoms with Crippen LogP contribution in [0.5, 0.6) is 5.75 Å². The van der Waals surface area contributed by atoms with Gasteiger partial charge in [-0.15, -0.1) is 5.10 Å². The number of nitrogens with zero attached hydrogens (tertiary/aromatic N) is 6. The van der Waals surface area contributed by atoms with E-state index in [9.17, 15) is 4.79 Å². The Morgan fingerprint density at radius 2 is 1.77 bits per heavy atom. The van der Waals surface area contributed by atoms with Gasteiger partial charge in [-0.3, -0.25) is 4.79 Å². The van der Waals surface area contributed by atoms with Gasteiger partial charge in [0, 0.05) is 31.9 Å². The zero-order valence-corrected chi connectivity index (χ0v) is 17.7. The first-order chi connectivity index (χ1) is 14.7. The maximum absolute atomic E-state index is 12.7. The summed E-state index contributed by atoms with van der Waals surface area (Å²) < 4.78 is 6.95. The average molecular weight is 425 g/mol. The highest BCUT2D eigenvalue weighted by molar-refractivity contribution is 7.99. The Kier molecular flexibility index (Phi) is 6.48. The molecular weight excluding hydrogens is 400 g/mol. The van der Waals surface area contributed by atoms with Crippen molar-refractivity contribution >= 4 is 23.4 Å². The summed E-state index contributed by atoms with van der Waals surface area (Å²) in [4.78, 5) is 16.9. The Morgan fingerprint density at radius 1 is 1.03 bits per heavy atom. The van der Waals surface area contributed by atoms with Gasteiger partial charge >= 0.3 is 0 Å². The fourth-order valence-corrected chi connectivity index (χ4v) is 4.16. The maximum atomic E-state index is 12.7. The molecule has 2 aromatic carbocycles. The second-order valence-corrected chi connectivity index (χ2v) is 7.90. The molecule has 1 amide bonds. The summed E-state index contributed by atoms with van der Waals surface area (Å²) >= 11 is 1.38. The minimum Gasteiger partial charge on any atom is -0.497 e. The number of piperazine rings is 1. The number of hydrogen-bond donors (Lipinski definition) is 0. The number of thioether (sulfide) groups is 1. The molecule has 0 aliphatic carbocycles. The monoisotopic (exact) mass is 424 g/mol. The lowest BCUT2D eigenvalue weighted by molar-refractivity contribution is -0.128. The topological polar surface area (TPSA) is 76.4 Å². The van der Waals surface area contributed by atoms with E-state index in [1.54, 1.807) is 11.8 Å². The van der Waals surface area contributed by atoms with Crippen LogP contribution in [0.2, 0.25) is 0 Å². The van der Waals surface area contributed by atoms with Crippen molar-refractivity contribution in [2.45, 2.75) is 11.7 Å². The number of amides is 1. The smallest absolute Gasteiger partial charge is 0.233 e. The van der Waals surface area contributed by atoms with Crippen molar-refractivity contribution < 1.29 is 9.53 Å². The fraction of sp³-hybridized carbons (Fsp3) is 0.333. The number of carbonyl (C=O) groups excluding carboxylic acids is 1. The predicted molar refractivity (Wildman–Crippen MR) is 116 cm³/mol. The van der Waals surface area contributed by atoms with Crippen LogP contribution < -0.4 is 9.64 Å². The minimum atomic E-state index is 0.114. The molecule has 1 aliphatic heterocycles. The number of methoxy groups -OCH3 is 1. The zero-order chi connectivity index (χ0) is 20.8. The first-order valence-electron chi connectivity index (χ1n) is 9.82. The van der Waals surface area contributed by atoms with Crippen molar-refractivity contribution in [1.29, 1.82) is 0 Å². The van der Waals surface area contributed by atoms with E-state index in [1.165, 1.54) is 11.8 Å². The number of hydrogen-bond acceptors (Lipinski definition) is 7. The van der Waals surface area contributed by atoms with Crippen molar-refractivity contribution in [1.82, 2.24) is 25.1 Å². The quantitative estimate of drug-likeness (QED) is 0.538. The number of rotatable bonds is 7. The van der Waals surface area contributed by atoms with Gasteiger partial charge in [-0.1, -0.05) is 42.1 Å². The Labute approximate surface area is 179 Å². The van der Waals surface area contributed by atoms with Crippen molar-refractivity contribution in [2.75, 3.05) is 43.9 Å². The largest absolute Gasteiger partial charge is 0.497 e. The van der Waals surface area contributed by atoms with Gasteiger partial charge < -0.3 is 14.5 Å². The van der Waals surface area contributed by atoms with E-state index >= 15 is 0 Å². The van der Waals surface area contributed by atoms with E-state index in [4.69, 9.17) is 4.74 Å². The van der Waals surface area contributed by atoms with Gasteiger partial charge in [0.05, 0.1) is 19.4 Å². The summed E-state index contributed by atoms with van der Waals surface area (Å²) in [6.45, 7) is 3.63. The highest BCUT2D eigenvalue weighted by atomic mass is 32.2. The first kappa shape index (κ1) is 20.2. The predicted octanol–water partition coefficient (Wildman–Crippen LogP) is 2.17. The fourth-order valence-electron chi connectivity index (χ4n) is 3.38. The van der Waals surface area contributed by atoms with Gasteiger partial charge in [-0.2, -0.15) is 0 Å².